The maximum absolute atomic E-state index is 12.8. The molecule has 1 aromatic carbocycles. The van der Waals surface area contributed by atoms with Crippen LogP contribution in [0.2, 0.25) is 0 Å². The molecular formula is C17H18N4O2. The number of benzene rings is 1. The number of imidazole rings is 1. The number of aromatic amines is 1. The first kappa shape index (κ1) is 15.2. The molecule has 1 amide bonds. The standard InChI is InChI=1S/C17H18N4O2/c1-21(15(11-23-2)14-9-5-6-10-18-14)17(22)16-19-12-7-3-4-8-13(12)20-16/h3-10,15H,11H2,1-2H3,(H,19,20)/t15-/m1/s1. The quantitative estimate of drug-likeness (QED) is 0.785. The average Bonchev–Trinajstić information content (AvgIpc) is 3.03. The van der Waals surface area contributed by atoms with E-state index in [2.05, 4.69) is 15.0 Å². The van der Waals surface area contributed by atoms with E-state index in [0.29, 0.717) is 12.4 Å². The van der Waals surface area contributed by atoms with Crippen molar-refractivity contribution in [3.63, 3.8) is 0 Å². The molecule has 0 unspecified atom stereocenters. The molecular weight excluding hydrogens is 292 g/mol. The van der Waals surface area contributed by atoms with Crippen molar-refractivity contribution in [1.29, 1.82) is 0 Å². The van der Waals surface area contributed by atoms with E-state index < -0.39 is 0 Å². The second-order valence-corrected chi connectivity index (χ2v) is 5.24. The number of hydrogen-bond donors (Lipinski definition) is 1. The molecule has 2 aromatic heterocycles. The molecule has 0 radical (unpaired) electrons. The number of carbonyl (C=O) groups excluding carboxylic acids is 1. The summed E-state index contributed by atoms with van der Waals surface area (Å²) >= 11 is 0. The normalized spacial score (nSPS) is 12.3. The highest BCUT2D eigenvalue weighted by Crippen LogP contribution is 2.20. The number of nitrogens with one attached hydrogen (secondary N) is 1. The van der Waals surface area contributed by atoms with E-state index >= 15 is 0 Å². The van der Waals surface area contributed by atoms with Gasteiger partial charge in [0.25, 0.3) is 5.91 Å². The van der Waals surface area contributed by atoms with Crippen LogP contribution in [0.3, 0.4) is 0 Å². The fourth-order valence-electron chi connectivity index (χ4n) is 2.49. The summed E-state index contributed by atoms with van der Waals surface area (Å²) in [5.74, 6) is 0.111. The summed E-state index contributed by atoms with van der Waals surface area (Å²) in [6.45, 7) is 0.361. The largest absolute Gasteiger partial charge is 0.382 e. The van der Waals surface area contributed by atoms with Crippen LogP contribution in [0.25, 0.3) is 11.0 Å². The molecule has 2 heterocycles. The van der Waals surface area contributed by atoms with E-state index in [1.54, 1.807) is 25.3 Å². The lowest BCUT2D eigenvalue weighted by atomic mass is 10.1. The molecule has 0 bridgehead atoms. The SMILES string of the molecule is COC[C@H](c1ccccn1)N(C)C(=O)c1nc2ccccc2[nH]1. The minimum absolute atomic E-state index is 0.200. The molecule has 0 fully saturated rings. The summed E-state index contributed by atoms with van der Waals surface area (Å²) < 4.78 is 5.26. The molecule has 6 heteroatoms. The number of para-hydroxylation sites is 2. The third-order valence-corrected chi connectivity index (χ3v) is 3.73. The zero-order chi connectivity index (χ0) is 16.2. The fraction of sp³-hybridized carbons (Fsp3) is 0.235. The molecule has 1 atom stereocenters. The van der Waals surface area contributed by atoms with Crippen molar-refractivity contribution in [3.8, 4) is 0 Å². The number of H-pyrrole nitrogens is 1. The van der Waals surface area contributed by atoms with Gasteiger partial charge in [0.05, 0.1) is 29.4 Å². The smallest absolute Gasteiger partial charge is 0.290 e. The van der Waals surface area contributed by atoms with Crippen molar-refractivity contribution >= 4 is 16.9 Å². The molecule has 3 rings (SSSR count). The van der Waals surface area contributed by atoms with Crippen molar-refractivity contribution in [3.05, 3.63) is 60.2 Å². The minimum atomic E-state index is -0.276. The van der Waals surface area contributed by atoms with E-state index in [1.165, 1.54) is 0 Å². The Morgan fingerprint density at radius 2 is 2.04 bits per heavy atom. The zero-order valence-electron chi connectivity index (χ0n) is 13.1. The molecule has 0 saturated carbocycles. The first-order chi connectivity index (χ1) is 11.2. The fourth-order valence-corrected chi connectivity index (χ4v) is 2.49. The molecule has 0 aliphatic heterocycles. The second kappa shape index (κ2) is 6.58. The van der Waals surface area contributed by atoms with Crippen LogP contribution >= 0.6 is 0 Å². The maximum Gasteiger partial charge on any atom is 0.290 e. The summed E-state index contributed by atoms with van der Waals surface area (Å²) in [5.41, 5.74) is 2.39. The van der Waals surface area contributed by atoms with Gasteiger partial charge in [0, 0.05) is 20.4 Å². The molecule has 3 aromatic rings. The van der Waals surface area contributed by atoms with Crippen molar-refractivity contribution in [2.75, 3.05) is 20.8 Å². The second-order valence-electron chi connectivity index (χ2n) is 5.24. The lowest BCUT2D eigenvalue weighted by Gasteiger charge is -2.26. The number of methoxy groups -OCH3 is 1. The van der Waals surface area contributed by atoms with Crippen LogP contribution in [0, 0.1) is 0 Å². The summed E-state index contributed by atoms with van der Waals surface area (Å²) in [6.07, 6.45) is 1.71. The van der Waals surface area contributed by atoms with Gasteiger partial charge in [-0.1, -0.05) is 18.2 Å². The average molecular weight is 310 g/mol. The zero-order valence-corrected chi connectivity index (χ0v) is 13.1. The monoisotopic (exact) mass is 310 g/mol. The van der Waals surface area contributed by atoms with E-state index in [-0.39, 0.29) is 11.9 Å². The highest BCUT2D eigenvalue weighted by molar-refractivity contribution is 5.94. The van der Waals surface area contributed by atoms with Crippen LogP contribution in [0.15, 0.2) is 48.7 Å². The van der Waals surface area contributed by atoms with Gasteiger partial charge in [-0.3, -0.25) is 9.78 Å². The highest BCUT2D eigenvalue weighted by atomic mass is 16.5. The number of amides is 1. The lowest BCUT2D eigenvalue weighted by molar-refractivity contribution is 0.0585. The Balaban J connectivity index is 1.89. The van der Waals surface area contributed by atoms with Gasteiger partial charge in [0.2, 0.25) is 0 Å². The molecule has 23 heavy (non-hydrogen) atoms. The molecule has 0 aliphatic carbocycles. The van der Waals surface area contributed by atoms with E-state index in [1.807, 2.05) is 42.5 Å². The Bertz CT molecular complexity index is 767. The molecule has 1 N–H and O–H groups in total. The minimum Gasteiger partial charge on any atom is -0.382 e. The van der Waals surface area contributed by atoms with Crippen molar-refractivity contribution in [1.82, 2.24) is 19.9 Å². The van der Waals surface area contributed by atoms with Gasteiger partial charge in [-0.15, -0.1) is 0 Å². The number of carbonyl (C=O) groups is 1. The lowest BCUT2D eigenvalue weighted by Crippen LogP contribution is -2.34. The predicted octanol–water partition coefficient (Wildman–Crippen LogP) is 2.42. The van der Waals surface area contributed by atoms with Gasteiger partial charge in [-0.05, 0) is 24.3 Å². The summed E-state index contributed by atoms with van der Waals surface area (Å²) in [4.78, 5) is 26.1. The number of nitrogens with zero attached hydrogens (tertiary/aromatic N) is 3. The van der Waals surface area contributed by atoms with E-state index in [4.69, 9.17) is 4.74 Å². The number of aromatic nitrogens is 3. The molecule has 0 spiro atoms. The van der Waals surface area contributed by atoms with Gasteiger partial charge in [-0.2, -0.15) is 0 Å². The number of pyridine rings is 1. The van der Waals surface area contributed by atoms with Crippen molar-refractivity contribution < 1.29 is 9.53 Å². The Hall–Kier alpha value is -2.73. The number of fused-ring (bicyclic) bond motifs is 1. The summed E-state index contributed by atoms with van der Waals surface area (Å²) in [6, 6.07) is 12.9. The topological polar surface area (TPSA) is 71.1 Å². The number of hydrogen-bond acceptors (Lipinski definition) is 4. The molecule has 0 saturated heterocycles. The van der Waals surface area contributed by atoms with Crippen LogP contribution in [0.4, 0.5) is 0 Å². The number of rotatable bonds is 5. The van der Waals surface area contributed by atoms with Gasteiger partial charge in [-0.25, -0.2) is 4.98 Å². The van der Waals surface area contributed by atoms with Gasteiger partial charge < -0.3 is 14.6 Å². The molecule has 0 aliphatic rings. The van der Waals surface area contributed by atoms with Gasteiger partial charge in [0.1, 0.15) is 0 Å². The number of likely N-dealkylation sites (N-methyl/N-ethyl adjacent to an activating group) is 1. The first-order valence-corrected chi connectivity index (χ1v) is 7.32. The maximum atomic E-state index is 12.8. The van der Waals surface area contributed by atoms with Crippen LogP contribution in [-0.2, 0) is 4.74 Å². The van der Waals surface area contributed by atoms with Gasteiger partial charge >= 0.3 is 0 Å². The van der Waals surface area contributed by atoms with E-state index in [0.717, 1.165) is 16.7 Å². The Labute approximate surface area is 134 Å². The first-order valence-electron chi connectivity index (χ1n) is 7.32. The third kappa shape index (κ3) is 3.07. The predicted molar refractivity (Wildman–Crippen MR) is 87.0 cm³/mol. The van der Waals surface area contributed by atoms with Crippen LogP contribution in [0.1, 0.15) is 22.4 Å². The number of ether oxygens (including phenoxy) is 1. The Morgan fingerprint density at radius 3 is 2.74 bits per heavy atom. The summed E-state index contributed by atoms with van der Waals surface area (Å²) in [7, 11) is 3.34. The van der Waals surface area contributed by atoms with Crippen LogP contribution in [0.5, 0.6) is 0 Å². The van der Waals surface area contributed by atoms with Crippen molar-refractivity contribution in [2.45, 2.75) is 6.04 Å². The summed E-state index contributed by atoms with van der Waals surface area (Å²) in [5, 5.41) is 0. The third-order valence-electron chi connectivity index (χ3n) is 3.73. The Morgan fingerprint density at radius 1 is 1.26 bits per heavy atom. The van der Waals surface area contributed by atoms with Crippen LogP contribution in [-0.4, -0.2) is 46.5 Å². The Kier molecular flexibility index (Phi) is 4.34. The van der Waals surface area contributed by atoms with Crippen molar-refractivity contribution in [2.24, 2.45) is 0 Å². The van der Waals surface area contributed by atoms with E-state index in [9.17, 15) is 4.79 Å². The van der Waals surface area contributed by atoms with Crippen LogP contribution < -0.4 is 0 Å². The van der Waals surface area contributed by atoms with Gasteiger partial charge in [0.15, 0.2) is 5.82 Å². The molecule has 118 valence electrons. The highest BCUT2D eigenvalue weighted by Gasteiger charge is 2.25. The molecule has 6 nitrogen and oxygen atoms in total.